The van der Waals surface area contributed by atoms with E-state index in [-0.39, 0.29) is 5.91 Å². The summed E-state index contributed by atoms with van der Waals surface area (Å²) >= 11 is 1.68. The predicted molar refractivity (Wildman–Crippen MR) is 91.5 cm³/mol. The van der Waals surface area contributed by atoms with Gasteiger partial charge in [-0.3, -0.25) is 9.69 Å². The summed E-state index contributed by atoms with van der Waals surface area (Å²) in [6.07, 6.45) is 1.10. The van der Waals surface area contributed by atoms with Crippen molar-refractivity contribution in [3.05, 3.63) is 56.8 Å². The molecular weight excluding hydrogens is 292 g/mol. The highest BCUT2D eigenvalue weighted by atomic mass is 32.1. The number of nitrogens with zero attached hydrogens (tertiary/aromatic N) is 1. The van der Waals surface area contributed by atoms with Crippen LogP contribution in [0, 0.1) is 13.8 Å². The Labute approximate surface area is 136 Å². The third-order valence-electron chi connectivity index (χ3n) is 4.21. The normalized spacial score (nSPS) is 14.6. The molecule has 3 nitrogen and oxygen atoms in total. The van der Waals surface area contributed by atoms with E-state index in [1.807, 2.05) is 19.9 Å². The lowest BCUT2D eigenvalue weighted by Gasteiger charge is -2.28. The fraction of sp³-hybridized carbons (Fsp3) is 0.389. The Hall–Kier alpha value is -1.65. The average molecular weight is 314 g/mol. The van der Waals surface area contributed by atoms with E-state index >= 15 is 0 Å². The SMILES string of the molecule is Cc1cc(C(=O)NCCN2CCc3ccccc3C2)c(C)s1. The minimum absolute atomic E-state index is 0.0549. The second-order valence-corrected chi connectivity index (χ2v) is 7.34. The van der Waals surface area contributed by atoms with E-state index in [4.69, 9.17) is 0 Å². The van der Waals surface area contributed by atoms with E-state index in [1.54, 1.807) is 11.3 Å². The molecule has 2 heterocycles. The molecule has 3 rings (SSSR count). The maximum absolute atomic E-state index is 12.2. The standard InChI is InChI=1S/C18H22N2OS/c1-13-11-17(14(2)22-13)18(21)19-8-10-20-9-7-15-5-3-4-6-16(15)12-20/h3-6,11H,7-10,12H2,1-2H3,(H,19,21). The van der Waals surface area contributed by atoms with Crippen LogP contribution in [-0.2, 0) is 13.0 Å². The Kier molecular flexibility index (Phi) is 4.60. The molecule has 0 bridgehead atoms. The summed E-state index contributed by atoms with van der Waals surface area (Å²) in [4.78, 5) is 16.9. The van der Waals surface area contributed by atoms with Crippen LogP contribution < -0.4 is 5.32 Å². The van der Waals surface area contributed by atoms with Crippen LogP contribution in [0.1, 0.15) is 31.2 Å². The molecule has 4 heteroatoms. The van der Waals surface area contributed by atoms with Gasteiger partial charge in [-0.1, -0.05) is 24.3 Å². The first kappa shape index (κ1) is 15.3. The molecule has 22 heavy (non-hydrogen) atoms. The Morgan fingerprint density at radius 1 is 1.27 bits per heavy atom. The van der Waals surface area contributed by atoms with E-state index in [0.29, 0.717) is 6.54 Å². The van der Waals surface area contributed by atoms with Crippen molar-refractivity contribution in [3.63, 3.8) is 0 Å². The highest BCUT2D eigenvalue weighted by Crippen LogP contribution is 2.20. The molecule has 0 saturated carbocycles. The number of aryl methyl sites for hydroxylation is 2. The summed E-state index contributed by atoms with van der Waals surface area (Å²) in [5.74, 6) is 0.0549. The molecule has 1 aliphatic heterocycles. The lowest BCUT2D eigenvalue weighted by molar-refractivity contribution is 0.0947. The first-order chi connectivity index (χ1) is 10.6. The predicted octanol–water partition coefficient (Wildman–Crippen LogP) is 3.15. The lowest BCUT2D eigenvalue weighted by Crippen LogP contribution is -2.37. The molecular formula is C18H22N2OS. The quantitative estimate of drug-likeness (QED) is 0.940. The molecule has 1 amide bonds. The van der Waals surface area contributed by atoms with Gasteiger partial charge in [0.1, 0.15) is 0 Å². The molecule has 0 atom stereocenters. The van der Waals surface area contributed by atoms with Crippen molar-refractivity contribution >= 4 is 17.2 Å². The summed E-state index contributed by atoms with van der Waals surface area (Å²) < 4.78 is 0. The van der Waals surface area contributed by atoms with Crippen molar-refractivity contribution < 1.29 is 4.79 Å². The summed E-state index contributed by atoms with van der Waals surface area (Å²) in [6, 6.07) is 10.6. The Balaban J connectivity index is 1.50. The fourth-order valence-electron chi connectivity index (χ4n) is 3.02. The van der Waals surface area contributed by atoms with Gasteiger partial charge >= 0.3 is 0 Å². The van der Waals surface area contributed by atoms with Crippen LogP contribution in [-0.4, -0.2) is 30.4 Å². The molecule has 0 unspecified atom stereocenters. The smallest absolute Gasteiger partial charge is 0.252 e. The van der Waals surface area contributed by atoms with Gasteiger partial charge < -0.3 is 5.32 Å². The maximum Gasteiger partial charge on any atom is 0.252 e. The van der Waals surface area contributed by atoms with E-state index in [2.05, 4.69) is 34.5 Å². The summed E-state index contributed by atoms with van der Waals surface area (Å²) in [7, 11) is 0. The largest absolute Gasteiger partial charge is 0.351 e. The van der Waals surface area contributed by atoms with Gasteiger partial charge in [0.25, 0.3) is 5.91 Å². The Morgan fingerprint density at radius 2 is 2.05 bits per heavy atom. The molecule has 0 radical (unpaired) electrons. The minimum atomic E-state index is 0.0549. The molecule has 2 aromatic rings. The maximum atomic E-state index is 12.2. The first-order valence-electron chi connectivity index (χ1n) is 7.78. The van der Waals surface area contributed by atoms with Gasteiger partial charge in [-0.2, -0.15) is 0 Å². The number of fused-ring (bicyclic) bond motifs is 1. The minimum Gasteiger partial charge on any atom is -0.351 e. The first-order valence-corrected chi connectivity index (χ1v) is 8.59. The highest BCUT2D eigenvalue weighted by molar-refractivity contribution is 7.12. The van der Waals surface area contributed by atoms with Gasteiger partial charge in [0.15, 0.2) is 0 Å². The van der Waals surface area contributed by atoms with Crippen molar-refractivity contribution in [1.82, 2.24) is 10.2 Å². The molecule has 1 aromatic carbocycles. The molecule has 1 N–H and O–H groups in total. The van der Waals surface area contributed by atoms with Crippen molar-refractivity contribution in [2.45, 2.75) is 26.8 Å². The summed E-state index contributed by atoms with van der Waals surface area (Å²) in [6.45, 7) is 7.72. The van der Waals surface area contributed by atoms with E-state index in [1.165, 1.54) is 16.0 Å². The molecule has 1 aliphatic rings. The van der Waals surface area contributed by atoms with Gasteiger partial charge in [-0.05, 0) is 37.5 Å². The molecule has 0 fully saturated rings. The zero-order chi connectivity index (χ0) is 15.5. The van der Waals surface area contributed by atoms with E-state index < -0.39 is 0 Å². The van der Waals surface area contributed by atoms with Gasteiger partial charge in [-0.25, -0.2) is 0 Å². The van der Waals surface area contributed by atoms with Crippen LogP contribution in [0.15, 0.2) is 30.3 Å². The number of carbonyl (C=O) groups excluding carboxylic acids is 1. The number of thiophene rings is 1. The third-order valence-corrected chi connectivity index (χ3v) is 5.17. The van der Waals surface area contributed by atoms with Crippen LogP contribution in [0.5, 0.6) is 0 Å². The zero-order valence-electron chi connectivity index (χ0n) is 13.2. The molecule has 0 saturated heterocycles. The average Bonchev–Trinajstić information content (AvgIpc) is 2.86. The molecule has 116 valence electrons. The highest BCUT2D eigenvalue weighted by Gasteiger charge is 2.16. The van der Waals surface area contributed by atoms with Crippen LogP contribution in [0.2, 0.25) is 0 Å². The summed E-state index contributed by atoms with van der Waals surface area (Å²) in [5, 5.41) is 3.05. The number of nitrogens with one attached hydrogen (secondary N) is 1. The van der Waals surface area contributed by atoms with Crippen LogP contribution in [0.25, 0.3) is 0 Å². The Bertz CT molecular complexity index is 677. The molecule has 1 aromatic heterocycles. The zero-order valence-corrected chi connectivity index (χ0v) is 14.0. The number of benzene rings is 1. The van der Waals surface area contributed by atoms with E-state index in [0.717, 1.165) is 36.5 Å². The van der Waals surface area contributed by atoms with Crippen molar-refractivity contribution in [2.75, 3.05) is 19.6 Å². The van der Waals surface area contributed by atoms with Crippen LogP contribution in [0.3, 0.4) is 0 Å². The van der Waals surface area contributed by atoms with E-state index in [9.17, 15) is 4.79 Å². The third kappa shape index (κ3) is 3.39. The van der Waals surface area contributed by atoms with Gasteiger partial charge in [0.2, 0.25) is 0 Å². The fourth-order valence-corrected chi connectivity index (χ4v) is 3.95. The second-order valence-electron chi connectivity index (χ2n) is 5.88. The Morgan fingerprint density at radius 3 is 2.77 bits per heavy atom. The lowest BCUT2D eigenvalue weighted by atomic mass is 10.00. The van der Waals surface area contributed by atoms with Crippen molar-refractivity contribution in [3.8, 4) is 0 Å². The monoisotopic (exact) mass is 314 g/mol. The van der Waals surface area contributed by atoms with Crippen LogP contribution in [0.4, 0.5) is 0 Å². The van der Waals surface area contributed by atoms with Gasteiger partial charge in [0, 0.05) is 35.9 Å². The molecule has 0 aliphatic carbocycles. The van der Waals surface area contributed by atoms with Crippen LogP contribution >= 0.6 is 11.3 Å². The van der Waals surface area contributed by atoms with Crippen molar-refractivity contribution in [1.29, 1.82) is 0 Å². The van der Waals surface area contributed by atoms with Crippen molar-refractivity contribution in [2.24, 2.45) is 0 Å². The number of rotatable bonds is 4. The van der Waals surface area contributed by atoms with Gasteiger partial charge in [0.05, 0.1) is 5.56 Å². The second kappa shape index (κ2) is 6.63. The number of carbonyl (C=O) groups is 1. The summed E-state index contributed by atoms with van der Waals surface area (Å²) in [5.41, 5.74) is 3.71. The number of amides is 1. The number of hydrogen-bond donors (Lipinski definition) is 1. The van der Waals surface area contributed by atoms with Gasteiger partial charge in [-0.15, -0.1) is 11.3 Å². The number of hydrogen-bond acceptors (Lipinski definition) is 3. The molecule has 0 spiro atoms. The topological polar surface area (TPSA) is 32.3 Å².